The molecule has 0 spiro atoms. The first-order valence-electron chi connectivity index (χ1n) is 4.71. The van der Waals surface area contributed by atoms with E-state index in [0.29, 0.717) is 0 Å². The molecule has 0 amide bonds. The van der Waals surface area contributed by atoms with Gasteiger partial charge in [-0.2, -0.15) is 5.26 Å². The second kappa shape index (κ2) is 4.25. The molecule has 0 aliphatic heterocycles. The van der Waals surface area contributed by atoms with Crippen LogP contribution in [0.1, 0.15) is 5.56 Å². The van der Waals surface area contributed by atoms with Crippen molar-refractivity contribution in [3.63, 3.8) is 0 Å². The molecule has 0 unspecified atom stereocenters. The molecule has 1 aromatic rings. The Hall–Kier alpha value is -1.33. The molecule has 2 heteroatoms. The highest BCUT2D eigenvalue weighted by Gasteiger charge is 2.18. The molecule has 0 aromatic heterocycles. The second-order valence-electron chi connectivity index (χ2n) is 4.33. The lowest BCUT2D eigenvalue weighted by Gasteiger charge is -2.13. The van der Waals surface area contributed by atoms with E-state index in [-0.39, 0.29) is 0 Å². The van der Waals surface area contributed by atoms with Crippen LogP contribution in [0, 0.1) is 11.3 Å². The van der Waals surface area contributed by atoms with Gasteiger partial charge in [-0.05, 0) is 11.6 Å². The van der Waals surface area contributed by atoms with Crippen LogP contribution in [0.4, 0.5) is 0 Å². The summed E-state index contributed by atoms with van der Waals surface area (Å²) in [5.41, 5.74) is 1.12. The van der Waals surface area contributed by atoms with E-state index < -0.39 is 8.07 Å². The number of rotatable bonds is 2. The minimum atomic E-state index is -1.47. The molecule has 0 saturated carbocycles. The minimum Gasteiger partial charge on any atom is -0.193 e. The van der Waals surface area contributed by atoms with Crippen molar-refractivity contribution in [3.05, 3.63) is 41.1 Å². The maximum atomic E-state index is 9.04. The van der Waals surface area contributed by atoms with Crippen LogP contribution < -0.4 is 0 Å². The van der Waals surface area contributed by atoms with E-state index in [0.717, 1.165) is 10.8 Å². The van der Waals surface area contributed by atoms with E-state index in [9.17, 15) is 0 Å². The molecule has 0 radical (unpaired) electrons. The third-order valence-electron chi connectivity index (χ3n) is 2.04. The zero-order valence-corrected chi connectivity index (χ0v) is 9.91. The number of nitrogens with zero attached hydrogens (tertiary/aromatic N) is 1. The fourth-order valence-electron chi connectivity index (χ4n) is 1.13. The Labute approximate surface area is 86.7 Å². The zero-order chi connectivity index (χ0) is 10.6. The number of nitriles is 1. The third kappa shape index (κ3) is 2.86. The van der Waals surface area contributed by atoms with E-state index in [1.807, 2.05) is 36.4 Å². The molecular weight excluding hydrogens is 186 g/mol. The quantitative estimate of drug-likeness (QED) is 0.531. The molecule has 0 saturated heterocycles. The predicted octanol–water partition coefficient (Wildman–Crippen LogP) is 3.47. The SMILES string of the molecule is C[Si](C)(C)/C(C#N)=C/c1ccccc1. The highest BCUT2D eigenvalue weighted by molar-refractivity contribution is 6.84. The van der Waals surface area contributed by atoms with Gasteiger partial charge in [0.15, 0.2) is 0 Å². The Morgan fingerprint density at radius 1 is 1.21 bits per heavy atom. The molecule has 72 valence electrons. The summed E-state index contributed by atoms with van der Waals surface area (Å²) < 4.78 is 0. The van der Waals surface area contributed by atoms with E-state index in [4.69, 9.17) is 5.26 Å². The van der Waals surface area contributed by atoms with Crippen LogP contribution in [0.3, 0.4) is 0 Å². The average molecular weight is 201 g/mol. The highest BCUT2D eigenvalue weighted by Crippen LogP contribution is 2.16. The van der Waals surface area contributed by atoms with Gasteiger partial charge in [-0.3, -0.25) is 0 Å². The first-order valence-corrected chi connectivity index (χ1v) is 8.21. The summed E-state index contributed by atoms with van der Waals surface area (Å²) in [5.74, 6) is 0. The molecule has 1 aromatic carbocycles. The number of allylic oxidation sites excluding steroid dienone is 1. The summed E-state index contributed by atoms with van der Waals surface area (Å²) in [6, 6.07) is 12.3. The van der Waals surface area contributed by atoms with Crippen LogP contribution in [-0.2, 0) is 0 Å². The predicted molar refractivity (Wildman–Crippen MR) is 63.4 cm³/mol. The van der Waals surface area contributed by atoms with Crippen LogP contribution in [0.5, 0.6) is 0 Å². The normalized spacial score (nSPS) is 12.3. The number of benzene rings is 1. The van der Waals surface area contributed by atoms with Crippen molar-refractivity contribution in [2.45, 2.75) is 19.6 Å². The fraction of sp³-hybridized carbons (Fsp3) is 0.250. The monoisotopic (exact) mass is 201 g/mol. The van der Waals surface area contributed by atoms with Gasteiger partial charge in [-0.15, -0.1) is 0 Å². The molecule has 0 atom stereocenters. The summed E-state index contributed by atoms with van der Waals surface area (Å²) >= 11 is 0. The lowest BCUT2D eigenvalue weighted by molar-refractivity contribution is 1.51. The van der Waals surface area contributed by atoms with Gasteiger partial charge in [0.25, 0.3) is 0 Å². The van der Waals surface area contributed by atoms with E-state index >= 15 is 0 Å². The lowest BCUT2D eigenvalue weighted by atomic mass is 10.2. The summed E-state index contributed by atoms with van der Waals surface area (Å²) in [4.78, 5) is 0. The summed E-state index contributed by atoms with van der Waals surface area (Å²) in [7, 11) is -1.47. The van der Waals surface area contributed by atoms with Crippen molar-refractivity contribution >= 4 is 14.1 Å². The minimum absolute atomic E-state index is 0.948. The topological polar surface area (TPSA) is 23.8 Å². The molecule has 1 rings (SSSR count). The fourth-order valence-corrected chi connectivity index (χ4v) is 2.07. The summed E-state index contributed by atoms with van der Waals surface area (Å²) in [5, 5.41) is 9.99. The van der Waals surface area contributed by atoms with Crippen LogP contribution in [0.25, 0.3) is 6.08 Å². The first kappa shape index (κ1) is 10.7. The molecule has 14 heavy (non-hydrogen) atoms. The molecule has 1 nitrogen and oxygen atoms in total. The largest absolute Gasteiger partial charge is 0.193 e. The van der Waals surface area contributed by atoms with Crippen LogP contribution in [-0.4, -0.2) is 8.07 Å². The molecule has 0 aliphatic rings. The molecule has 0 heterocycles. The van der Waals surface area contributed by atoms with Crippen molar-refractivity contribution in [3.8, 4) is 6.07 Å². The van der Waals surface area contributed by atoms with E-state index in [1.165, 1.54) is 0 Å². The van der Waals surface area contributed by atoms with Gasteiger partial charge in [0, 0.05) is 5.20 Å². The molecule has 0 bridgehead atoms. The second-order valence-corrected chi connectivity index (χ2v) is 9.37. The summed E-state index contributed by atoms with van der Waals surface area (Å²) in [6.07, 6.45) is 2.01. The van der Waals surface area contributed by atoms with Gasteiger partial charge in [-0.1, -0.05) is 50.0 Å². The van der Waals surface area contributed by atoms with Gasteiger partial charge in [0.2, 0.25) is 0 Å². The Bertz CT molecular complexity index is 366. The van der Waals surface area contributed by atoms with Gasteiger partial charge in [0.1, 0.15) is 0 Å². The summed E-state index contributed by atoms with van der Waals surface area (Å²) in [6.45, 7) is 6.56. The van der Waals surface area contributed by atoms with Crippen molar-refractivity contribution < 1.29 is 0 Å². The Morgan fingerprint density at radius 3 is 2.21 bits per heavy atom. The number of hydrogen-bond donors (Lipinski definition) is 0. The lowest BCUT2D eigenvalue weighted by Crippen LogP contribution is -2.22. The maximum absolute atomic E-state index is 9.04. The molecule has 0 aliphatic carbocycles. The van der Waals surface area contributed by atoms with Crippen LogP contribution in [0.2, 0.25) is 19.6 Å². The standard InChI is InChI=1S/C12H15NSi/c1-14(2,3)12(10-13)9-11-7-5-4-6-8-11/h4-9H,1-3H3/b12-9+. The van der Waals surface area contributed by atoms with Crippen molar-refractivity contribution in [2.24, 2.45) is 0 Å². The number of hydrogen-bond acceptors (Lipinski definition) is 1. The van der Waals surface area contributed by atoms with Gasteiger partial charge >= 0.3 is 0 Å². The molecule has 0 fully saturated rings. The molecular formula is C12H15NSi. The Balaban J connectivity index is 3.04. The van der Waals surface area contributed by atoms with E-state index in [1.54, 1.807) is 0 Å². The van der Waals surface area contributed by atoms with Gasteiger partial charge < -0.3 is 0 Å². The van der Waals surface area contributed by atoms with Crippen LogP contribution >= 0.6 is 0 Å². The zero-order valence-electron chi connectivity index (χ0n) is 8.91. The smallest absolute Gasteiger partial charge is 0.0912 e. The average Bonchev–Trinajstić information content (AvgIpc) is 2.14. The van der Waals surface area contributed by atoms with Crippen molar-refractivity contribution in [1.29, 1.82) is 5.26 Å². The van der Waals surface area contributed by atoms with Crippen molar-refractivity contribution in [1.82, 2.24) is 0 Å². The Morgan fingerprint density at radius 2 is 1.79 bits per heavy atom. The van der Waals surface area contributed by atoms with Gasteiger partial charge in [-0.25, -0.2) is 0 Å². The van der Waals surface area contributed by atoms with Crippen LogP contribution in [0.15, 0.2) is 35.5 Å². The third-order valence-corrected chi connectivity index (χ3v) is 3.91. The maximum Gasteiger partial charge on any atom is 0.0912 e. The molecule has 0 N–H and O–H groups in total. The van der Waals surface area contributed by atoms with Gasteiger partial charge in [0.05, 0.1) is 14.1 Å². The van der Waals surface area contributed by atoms with Crippen molar-refractivity contribution in [2.75, 3.05) is 0 Å². The first-order chi connectivity index (χ1) is 6.54. The Kier molecular flexibility index (Phi) is 3.26. The van der Waals surface area contributed by atoms with E-state index in [2.05, 4.69) is 25.7 Å². The highest BCUT2D eigenvalue weighted by atomic mass is 28.3.